The average molecular weight is 342 g/mol. The van der Waals surface area contributed by atoms with Gasteiger partial charge in [0.15, 0.2) is 0 Å². The molecule has 0 atom stereocenters. The molecule has 0 fully saturated rings. The molecule has 7 heteroatoms. The Kier molecular flexibility index (Phi) is 4.06. The van der Waals surface area contributed by atoms with E-state index in [9.17, 15) is 18.8 Å². The van der Waals surface area contributed by atoms with Gasteiger partial charge in [0.2, 0.25) is 5.76 Å². The van der Waals surface area contributed by atoms with Crippen molar-refractivity contribution in [2.24, 2.45) is 0 Å². The highest BCUT2D eigenvalue weighted by Crippen LogP contribution is 2.28. The molecule has 3 rings (SSSR count). The van der Waals surface area contributed by atoms with Gasteiger partial charge in [0.1, 0.15) is 11.4 Å². The summed E-state index contributed by atoms with van der Waals surface area (Å²) in [6.07, 6.45) is 0. The first-order valence-electron chi connectivity index (χ1n) is 7.16. The van der Waals surface area contributed by atoms with Crippen LogP contribution in [0.25, 0.3) is 11.0 Å². The monoisotopic (exact) mass is 342 g/mol. The maximum absolute atomic E-state index is 13.8. The van der Waals surface area contributed by atoms with Crippen LogP contribution in [0, 0.1) is 12.7 Å². The first kappa shape index (κ1) is 16.4. The van der Waals surface area contributed by atoms with Crippen LogP contribution in [0.2, 0.25) is 0 Å². The van der Waals surface area contributed by atoms with Crippen molar-refractivity contribution in [2.45, 2.75) is 6.92 Å². The van der Waals surface area contributed by atoms with Gasteiger partial charge in [-0.05, 0) is 37.3 Å². The smallest absolute Gasteiger partial charge is 0.382 e. The molecule has 0 unspecified atom stereocenters. The lowest BCUT2D eigenvalue weighted by molar-refractivity contribution is 0.0376. The third-order valence-electron chi connectivity index (χ3n) is 3.62. The van der Waals surface area contributed by atoms with Gasteiger partial charge < -0.3 is 14.3 Å². The largest absolute Gasteiger partial charge is 0.478 e. The number of aromatic carboxylic acids is 1. The Morgan fingerprint density at radius 2 is 1.72 bits per heavy atom. The van der Waals surface area contributed by atoms with E-state index in [1.807, 2.05) is 0 Å². The number of benzene rings is 2. The second kappa shape index (κ2) is 6.20. The van der Waals surface area contributed by atoms with Crippen molar-refractivity contribution in [3.8, 4) is 0 Å². The van der Waals surface area contributed by atoms with Crippen LogP contribution in [0.1, 0.15) is 36.8 Å². The number of furan rings is 1. The lowest BCUT2D eigenvalue weighted by Crippen LogP contribution is -2.13. The summed E-state index contributed by atoms with van der Waals surface area (Å²) >= 11 is 0. The molecular weight excluding hydrogens is 331 g/mol. The Morgan fingerprint density at radius 1 is 1.04 bits per heavy atom. The fourth-order valence-electron chi connectivity index (χ4n) is 2.42. The maximum atomic E-state index is 13.8. The van der Waals surface area contributed by atoms with Crippen LogP contribution in [-0.2, 0) is 4.74 Å². The molecule has 0 bridgehead atoms. The van der Waals surface area contributed by atoms with E-state index < -0.39 is 23.7 Å². The Labute approximate surface area is 140 Å². The third kappa shape index (κ3) is 2.99. The van der Waals surface area contributed by atoms with E-state index in [1.165, 1.54) is 43.3 Å². The normalized spacial score (nSPS) is 10.6. The summed E-state index contributed by atoms with van der Waals surface area (Å²) in [6.45, 7) is 1.47. The SMILES string of the molecule is Cc1c(C(=O)OC(=O)c2cccc(C(=O)O)c2)oc2cccc(F)c12. The number of esters is 2. The predicted octanol–water partition coefficient (Wildman–Crippen LogP) is 3.58. The third-order valence-corrected chi connectivity index (χ3v) is 3.62. The summed E-state index contributed by atoms with van der Waals surface area (Å²) in [5.41, 5.74) is 0.145. The second-order valence-corrected chi connectivity index (χ2v) is 5.23. The lowest BCUT2D eigenvalue weighted by Gasteiger charge is -2.03. The van der Waals surface area contributed by atoms with Gasteiger partial charge in [0.05, 0.1) is 16.5 Å². The van der Waals surface area contributed by atoms with E-state index in [0.717, 1.165) is 6.07 Å². The molecule has 0 amide bonds. The molecule has 0 saturated carbocycles. The Bertz CT molecular complexity index is 1020. The van der Waals surface area contributed by atoms with E-state index in [4.69, 9.17) is 14.3 Å². The Morgan fingerprint density at radius 3 is 2.40 bits per heavy atom. The van der Waals surface area contributed by atoms with Crippen molar-refractivity contribution in [3.05, 3.63) is 70.7 Å². The van der Waals surface area contributed by atoms with Crippen LogP contribution in [0.5, 0.6) is 0 Å². The van der Waals surface area contributed by atoms with E-state index in [2.05, 4.69) is 0 Å². The number of hydrogen-bond acceptors (Lipinski definition) is 5. The van der Waals surface area contributed by atoms with Gasteiger partial charge in [0, 0.05) is 5.56 Å². The molecule has 1 aromatic heterocycles. The number of carbonyl (C=O) groups excluding carboxylic acids is 2. The van der Waals surface area contributed by atoms with Crippen molar-refractivity contribution in [3.63, 3.8) is 0 Å². The van der Waals surface area contributed by atoms with Crippen LogP contribution in [0.3, 0.4) is 0 Å². The Balaban J connectivity index is 1.89. The summed E-state index contributed by atoms with van der Waals surface area (Å²) in [7, 11) is 0. The minimum atomic E-state index is -1.22. The molecule has 1 heterocycles. The van der Waals surface area contributed by atoms with Gasteiger partial charge in [-0.25, -0.2) is 18.8 Å². The zero-order valence-corrected chi connectivity index (χ0v) is 12.9. The van der Waals surface area contributed by atoms with E-state index in [1.54, 1.807) is 0 Å². The van der Waals surface area contributed by atoms with E-state index >= 15 is 0 Å². The van der Waals surface area contributed by atoms with Crippen LogP contribution >= 0.6 is 0 Å². The summed E-state index contributed by atoms with van der Waals surface area (Å²) in [5, 5.41) is 9.06. The van der Waals surface area contributed by atoms with Crippen LogP contribution in [0.4, 0.5) is 4.39 Å². The summed E-state index contributed by atoms with van der Waals surface area (Å²) in [4.78, 5) is 35.1. The van der Waals surface area contributed by atoms with Crippen LogP contribution in [-0.4, -0.2) is 23.0 Å². The maximum Gasteiger partial charge on any atom is 0.382 e. The first-order chi connectivity index (χ1) is 11.9. The summed E-state index contributed by atoms with van der Waals surface area (Å²) in [6, 6.07) is 9.19. The Hall–Kier alpha value is -3.48. The number of rotatable bonds is 3. The zero-order chi connectivity index (χ0) is 18.1. The highest BCUT2D eigenvalue weighted by atomic mass is 19.1. The summed E-state index contributed by atoms with van der Waals surface area (Å²) in [5.74, 6) is -4.18. The highest BCUT2D eigenvalue weighted by Gasteiger charge is 2.24. The fraction of sp³-hybridized carbons (Fsp3) is 0.0556. The molecule has 0 saturated heterocycles. The van der Waals surface area contributed by atoms with Crippen molar-refractivity contribution >= 4 is 28.9 Å². The van der Waals surface area contributed by atoms with E-state index in [0.29, 0.717) is 0 Å². The minimum Gasteiger partial charge on any atom is -0.478 e. The number of carbonyl (C=O) groups is 3. The fourth-order valence-corrected chi connectivity index (χ4v) is 2.42. The van der Waals surface area contributed by atoms with Gasteiger partial charge in [-0.15, -0.1) is 0 Å². The number of halogens is 1. The van der Waals surface area contributed by atoms with Gasteiger partial charge >= 0.3 is 17.9 Å². The van der Waals surface area contributed by atoms with E-state index in [-0.39, 0.29) is 33.4 Å². The average Bonchev–Trinajstić information content (AvgIpc) is 2.93. The number of aryl methyl sites for hydroxylation is 1. The first-order valence-corrected chi connectivity index (χ1v) is 7.16. The molecule has 0 aliphatic rings. The highest BCUT2D eigenvalue weighted by molar-refractivity contribution is 6.05. The number of hydrogen-bond donors (Lipinski definition) is 1. The van der Waals surface area contributed by atoms with Crippen LogP contribution < -0.4 is 0 Å². The topological polar surface area (TPSA) is 93.8 Å². The minimum absolute atomic E-state index is 0.104. The lowest BCUT2D eigenvalue weighted by atomic mass is 10.1. The number of ether oxygens (including phenoxy) is 1. The molecule has 0 aliphatic heterocycles. The van der Waals surface area contributed by atoms with Crippen molar-refractivity contribution in [1.29, 1.82) is 0 Å². The quantitative estimate of drug-likeness (QED) is 0.577. The molecule has 0 spiro atoms. The number of fused-ring (bicyclic) bond motifs is 1. The molecule has 0 radical (unpaired) electrons. The molecule has 3 aromatic rings. The van der Waals surface area contributed by atoms with Crippen LogP contribution in [0.15, 0.2) is 46.9 Å². The van der Waals surface area contributed by atoms with Gasteiger partial charge in [0.25, 0.3) is 0 Å². The van der Waals surface area contributed by atoms with Gasteiger partial charge in [-0.1, -0.05) is 12.1 Å². The second-order valence-electron chi connectivity index (χ2n) is 5.23. The van der Waals surface area contributed by atoms with Crippen molar-refractivity contribution in [2.75, 3.05) is 0 Å². The van der Waals surface area contributed by atoms with Gasteiger partial charge in [-0.3, -0.25) is 0 Å². The molecule has 1 N–H and O–H groups in total. The number of carboxylic acids is 1. The standard InChI is InChI=1S/C18H11FO6/c1-9-14-12(19)6-3-7-13(14)24-15(9)18(23)25-17(22)11-5-2-4-10(8-11)16(20)21/h2-8H,1H3,(H,20,21). The van der Waals surface area contributed by atoms with Gasteiger partial charge in [-0.2, -0.15) is 0 Å². The molecule has 25 heavy (non-hydrogen) atoms. The van der Waals surface area contributed by atoms with Crippen molar-refractivity contribution < 1.29 is 33.0 Å². The molecule has 126 valence electrons. The predicted molar refractivity (Wildman–Crippen MR) is 84.1 cm³/mol. The molecule has 2 aromatic carbocycles. The summed E-state index contributed by atoms with van der Waals surface area (Å²) < 4.78 is 23.8. The molecule has 6 nitrogen and oxygen atoms in total. The zero-order valence-electron chi connectivity index (χ0n) is 12.9. The van der Waals surface area contributed by atoms with Crippen molar-refractivity contribution in [1.82, 2.24) is 0 Å². The number of carboxylic acid groups (broad SMARTS) is 1. The molecular formula is C18H11FO6. The molecule has 0 aliphatic carbocycles.